The Balaban J connectivity index is 1.50. The van der Waals surface area contributed by atoms with Crippen molar-refractivity contribution in [3.8, 4) is 22.8 Å². The number of amides is 1. The predicted octanol–water partition coefficient (Wildman–Crippen LogP) is 5.50. The third kappa shape index (κ3) is 5.21. The van der Waals surface area contributed by atoms with Gasteiger partial charge in [0.25, 0.3) is 0 Å². The molecule has 3 aliphatic rings. The van der Waals surface area contributed by atoms with Crippen LogP contribution in [0.5, 0.6) is 11.5 Å². The summed E-state index contributed by atoms with van der Waals surface area (Å²) >= 11 is 6.25. The van der Waals surface area contributed by atoms with Crippen molar-refractivity contribution in [2.75, 3.05) is 26.4 Å². The summed E-state index contributed by atoms with van der Waals surface area (Å²) in [5.41, 5.74) is 0.473. The molecule has 0 spiro atoms. The number of halogens is 4. The quantitative estimate of drug-likeness (QED) is 0.531. The Morgan fingerprint density at radius 3 is 2.66 bits per heavy atom. The lowest BCUT2D eigenvalue weighted by atomic mass is 9.84. The summed E-state index contributed by atoms with van der Waals surface area (Å²) in [6.07, 6.45) is 0.876. The molecule has 2 aliphatic heterocycles. The highest BCUT2D eigenvalue weighted by Crippen LogP contribution is 2.41. The smallest absolute Gasteiger partial charge is 0.417 e. The zero-order valence-electron chi connectivity index (χ0n) is 19.1. The minimum Gasteiger partial charge on any atom is -0.487 e. The lowest BCUT2D eigenvalue weighted by Crippen LogP contribution is -2.39. The van der Waals surface area contributed by atoms with E-state index < -0.39 is 11.7 Å². The zero-order valence-corrected chi connectivity index (χ0v) is 19.8. The number of carbonyl (C=O) groups excluding carboxylic acids is 1. The van der Waals surface area contributed by atoms with Gasteiger partial charge in [-0.1, -0.05) is 18.0 Å². The fourth-order valence-corrected chi connectivity index (χ4v) is 4.87. The maximum Gasteiger partial charge on any atom is 0.417 e. The first-order chi connectivity index (χ1) is 16.8. The first-order valence-corrected chi connectivity index (χ1v) is 12.2. The van der Waals surface area contributed by atoms with Gasteiger partial charge in [-0.05, 0) is 43.9 Å². The number of nitrogens with zero attached hydrogens (tertiary/aromatic N) is 2. The number of aromatic nitrogens is 1. The molecule has 0 bridgehead atoms. The van der Waals surface area contributed by atoms with E-state index >= 15 is 0 Å². The van der Waals surface area contributed by atoms with Crippen molar-refractivity contribution < 1.29 is 32.2 Å². The maximum absolute atomic E-state index is 13.1. The summed E-state index contributed by atoms with van der Waals surface area (Å²) in [6, 6.07) is 4.31. The van der Waals surface area contributed by atoms with Gasteiger partial charge < -0.3 is 19.1 Å². The monoisotopic (exact) mass is 510 g/mol. The van der Waals surface area contributed by atoms with Gasteiger partial charge in [0.15, 0.2) is 11.5 Å². The van der Waals surface area contributed by atoms with Gasteiger partial charge in [0.05, 0.1) is 28.9 Å². The Morgan fingerprint density at radius 1 is 1.17 bits per heavy atom. The molecule has 1 atom stereocenters. The number of carbonyl (C=O) groups is 1. The van der Waals surface area contributed by atoms with E-state index in [1.807, 2.05) is 0 Å². The second-order valence-corrected chi connectivity index (χ2v) is 9.60. The number of benzene rings is 1. The molecular formula is C25H26ClF3N2O4. The Kier molecular flexibility index (Phi) is 6.81. The molecule has 0 radical (unpaired) electrons. The first kappa shape index (κ1) is 24.2. The highest BCUT2D eigenvalue weighted by molar-refractivity contribution is 6.33. The number of rotatable bonds is 5. The minimum absolute atomic E-state index is 0.0374. The fourth-order valence-electron chi connectivity index (χ4n) is 4.59. The summed E-state index contributed by atoms with van der Waals surface area (Å²) in [5, 5.41) is -0.123. The van der Waals surface area contributed by atoms with E-state index in [-0.39, 0.29) is 28.6 Å². The molecule has 5 rings (SSSR count). The van der Waals surface area contributed by atoms with Crippen LogP contribution in [0.25, 0.3) is 11.3 Å². The molecule has 1 unspecified atom stereocenters. The molecule has 1 amide bonds. The van der Waals surface area contributed by atoms with Gasteiger partial charge >= 0.3 is 6.18 Å². The number of alkyl halides is 3. The van der Waals surface area contributed by atoms with E-state index in [0.717, 1.165) is 44.4 Å². The first-order valence-electron chi connectivity index (χ1n) is 11.9. The van der Waals surface area contributed by atoms with Gasteiger partial charge in [0.2, 0.25) is 5.91 Å². The molecule has 1 aromatic heterocycles. The summed E-state index contributed by atoms with van der Waals surface area (Å²) < 4.78 is 57.1. The average molecular weight is 511 g/mol. The molecule has 1 aliphatic carbocycles. The van der Waals surface area contributed by atoms with Crippen LogP contribution >= 0.6 is 11.6 Å². The van der Waals surface area contributed by atoms with Crippen molar-refractivity contribution in [2.45, 2.75) is 50.9 Å². The second-order valence-electron chi connectivity index (χ2n) is 9.20. The molecule has 188 valence electrons. The van der Waals surface area contributed by atoms with Crippen molar-refractivity contribution in [3.05, 3.63) is 40.5 Å². The van der Waals surface area contributed by atoms with Crippen LogP contribution < -0.4 is 9.47 Å². The number of pyridine rings is 1. The van der Waals surface area contributed by atoms with Crippen LogP contribution in [0.2, 0.25) is 5.02 Å². The van der Waals surface area contributed by atoms with E-state index in [9.17, 15) is 18.0 Å². The van der Waals surface area contributed by atoms with Crippen LogP contribution in [0.1, 0.15) is 43.2 Å². The van der Waals surface area contributed by atoms with Crippen LogP contribution in [0.4, 0.5) is 13.2 Å². The van der Waals surface area contributed by atoms with E-state index in [1.54, 1.807) is 17.0 Å². The molecule has 2 aromatic rings. The molecule has 10 heteroatoms. The van der Waals surface area contributed by atoms with Gasteiger partial charge in [-0.3, -0.25) is 9.78 Å². The van der Waals surface area contributed by atoms with Crippen LogP contribution in [0, 0.1) is 5.92 Å². The van der Waals surface area contributed by atoms with Gasteiger partial charge in [0, 0.05) is 36.4 Å². The third-order valence-corrected chi connectivity index (χ3v) is 7.05. The Hall–Kier alpha value is -2.52. The molecule has 6 nitrogen and oxygen atoms in total. The van der Waals surface area contributed by atoms with Gasteiger partial charge in [-0.25, -0.2) is 0 Å². The molecule has 0 N–H and O–H groups in total. The normalized spacial score (nSPS) is 20.6. The van der Waals surface area contributed by atoms with Crippen molar-refractivity contribution in [2.24, 2.45) is 5.92 Å². The Bertz CT molecular complexity index is 1100. The van der Waals surface area contributed by atoms with Gasteiger partial charge in [-0.15, -0.1) is 0 Å². The molecule has 1 aromatic carbocycles. The van der Waals surface area contributed by atoms with Crippen molar-refractivity contribution in [1.82, 2.24) is 9.88 Å². The molecule has 2 fully saturated rings. The number of hydrogen-bond acceptors (Lipinski definition) is 5. The highest BCUT2D eigenvalue weighted by atomic mass is 35.5. The van der Waals surface area contributed by atoms with Crippen molar-refractivity contribution in [3.63, 3.8) is 0 Å². The average Bonchev–Trinajstić information content (AvgIpc) is 3.20. The van der Waals surface area contributed by atoms with Gasteiger partial charge in [-0.2, -0.15) is 13.2 Å². The highest BCUT2D eigenvalue weighted by Gasteiger charge is 2.33. The largest absolute Gasteiger partial charge is 0.487 e. The van der Waals surface area contributed by atoms with Crippen LogP contribution in [-0.2, 0) is 22.3 Å². The number of hydrogen-bond donors (Lipinski definition) is 0. The molecule has 35 heavy (non-hydrogen) atoms. The van der Waals surface area contributed by atoms with Crippen LogP contribution in [0.15, 0.2) is 24.4 Å². The lowest BCUT2D eigenvalue weighted by molar-refractivity contribution is -0.139. The number of fused-ring (bicyclic) bond motifs is 1. The summed E-state index contributed by atoms with van der Waals surface area (Å²) in [6.45, 7) is 2.08. The molecule has 3 heterocycles. The lowest BCUT2D eigenvalue weighted by Gasteiger charge is -2.30. The fraction of sp³-hybridized carbons (Fsp3) is 0.520. The van der Waals surface area contributed by atoms with E-state index in [1.165, 1.54) is 0 Å². The zero-order chi connectivity index (χ0) is 24.6. The summed E-state index contributed by atoms with van der Waals surface area (Å²) in [7, 11) is 0. The van der Waals surface area contributed by atoms with Crippen LogP contribution in [-0.4, -0.2) is 48.3 Å². The topological polar surface area (TPSA) is 60.9 Å². The van der Waals surface area contributed by atoms with E-state index in [0.29, 0.717) is 55.5 Å². The third-order valence-electron chi connectivity index (χ3n) is 6.76. The van der Waals surface area contributed by atoms with Gasteiger partial charge in [0.1, 0.15) is 13.2 Å². The van der Waals surface area contributed by atoms with Crippen molar-refractivity contribution in [1.29, 1.82) is 0 Å². The summed E-state index contributed by atoms with van der Waals surface area (Å²) in [4.78, 5) is 18.8. The second kappa shape index (κ2) is 9.85. The summed E-state index contributed by atoms with van der Waals surface area (Å²) in [5.74, 6) is 1.11. The molecular weight excluding hydrogens is 485 g/mol. The Labute approximate surface area is 206 Å². The number of ether oxygens (including phenoxy) is 3. The minimum atomic E-state index is -4.55. The molecule has 1 saturated heterocycles. The van der Waals surface area contributed by atoms with Crippen molar-refractivity contribution >= 4 is 17.5 Å². The Morgan fingerprint density at radius 2 is 2.00 bits per heavy atom. The SMILES string of the molecule is O=C(C1CCC1)N1CCOc2c(cc(-c3ncc(C(F)(F)F)cc3Cl)cc2OCC2CCCO2)C1. The molecule has 1 saturated carbocycles. The van der Waals surface area contributed by atoms with Crippen LogP contribution in [0.3, 0.4) is 0 Å². The van der Waals surface area contributed by atoms with E-state index in [4.69, 9.17) is 25.8 Å². The predicted molar refractivity (Wildman–Crippen MR) is 122 cm³/mol. The van der Waals surface area contributed by atoms with E-state index in [2.05, 4.69) is 4.98 Å². The standard InChI is InChI=1S/C25H26ClF3N2O4/c26-20-11-18(25(27,28)29)12-30-22(20)16-9-17-13-31(24(32)15-3-1-4-15)6-8-34-23(17)21(10-16)35-14-19-5-2-7-33-19/h9-12,15,19H,1-8,13-14H2. The maximum atomic E-state index is 13.1.